The number of aliphatic hydroxyl groups excluding tert-OH is 1. The Balaban J connectivity index is 0.855. The lowest BCUT2D eigenvalue weighted by Crippen LogP contribution is -2.57. The van der Waals surface area contributed by atoms with Crippen LogP contribution in [0.2, 0.25) is 0 Å². The molecule has 0 radical (unpaired) electrons. The van der Waals surface area contributed by atoms with Crippen molar-refractivity contribution in [2.45, 2.75) is 124 Å². The molecule has 68 heavy (non-hydrogen) atoms. The van der Waals surface area contributed by atoms with Gasteiger partial charge in [0.05, 0.1) is 39.8 Å². The number of halogens is 1. The Labute approximate surface area is 400 Å². The Morgan fingerprint density at radius 3 is 2.24 bits per heavy atom. The van der Waals surface area contributed by atoms with Gasteiger partial charge in [0, 0.05) is 74.2 Å². The fraction of sp³-hybridized carbons (Fsp3) is 0.440. The molecule has 9 N–H and O–H groups in total. The zero-order chi connectivity index (χ0) is 49.1. The van der Waals surface area contributed by atoms with Gasteiger partial charge in [0.15, 0.2) is 5.82 Å². The number of aromatic nitrogens is 3. The molecule has 0 unspecified atom stereocenters. The molecule has 362 valence electrons. The molecule has 0 aliphatic carbocycles. The minimum absolute atomic E-state index is 0.00104. The summed E-state index contributed by atoms with van der Waals surface area (Å²) >= 11 is 1.57. The summed E-state index contributed by atoms with van der Waals surface area (Å²) in [6, 6.07) is 9.33. The van der Waals surface area contributed by atoms with Crippen LogP contribution in [-0.4, -0.2) is 85.8 Å². The molecule has 18 heteroatoms. The topological polar surface area (TPSA) is 248 Å². The van der Waals surface area contributed by atoms with Gasteiger partial charge >= 0.3 is 0 Å². The fourth-order valence-electron chi connectivity index (χ4n) is 8.28. The third-order valence-corrected chi connectivity index (χ3v) is 13.2. The van der Waals surface area contributed by atoms with Crippen LogP contribution in [0.5, 0.6) is 0 Å². The number of carbonyl (C=O) groups excluding carboxylic acids is 5. The number of β-amino-alcohol motifs (C(OH)–C–C–N with tert-alkyl or cyclic N) is 1. The highest BCUT2D eigenvalue weighted by Gasteiger charge is 2.44. The number of fused-ring (bicyclic) bond motifs is 1. The molecule has 1 saturated heterocycles. The normalized spacial score (nSPS) is 15.2. The van der Waals surface area contributed by atoms with Gasteiger partial charge in [0.25, 0.3) is 0 Å². The van der Waals surface area contributed by atoms with E-state index in [1.165, 1.54) is 23.5 Å². The molecular formula is C50H63FN10O6S. The van der Waals surface area contributed by atoms with Gasteiger partial charge in [-0.25, -0.2) is 14.4 Å². The molecule has 5 amide bonds. The molecule has 1 aliphatic rings. The number of hydrogen-bond acceptors (Lipinski definition) is 12. The molecular weight excluding hydrogens is 888 g/mol. The van der Waals surface area contributed by atoms with E-state index in [-0.39, 0.29) is 79.6 Å². The van der Waals surface area contributed by atoms with E-state index in [2.05, 4.69) is 36.2 Å². The van der Waals surface area contributed by atoms with Crippen molar-refractivity contribution in [2.24, 2.45) is 5.41 Å². The molecule has 4 heterocycles. The van der Waals surface area contributed by atoms with Crippen molar-refractivity contribution >= 4 is 68.8 Å². The van der Waals surface area contributed by atoms with Gasteiger partial charge < -0.3 is 42.7 Å². The monoisotopic (exact) mass is 950 g/mol. The van der Waals surface area contributed by atoms with Gasteiger partial charge in [-0.1, -0.05) is 70.7 Å². The summed E-state index contributed by atoms with van der Waals surface area (Å²) in [6.07, 6.45) is 8.93. The van der Waals surface area contributed by atoms with Crippen molar-refractivity contribution in [3.63, 3.8) is 0 Å². The summed E-state index contributed by atoms with van der Waals surface area (Å²) in [5.41, 5.74) is 17.9. The van der Waals surface area contributed by atoms with E-state index in [9.17, 15) is 29.1 Å². The standard InChI is InChI=1S/C50H63FN10O6S/c1-29-36(24-54-26-38(29)52)35-20-33-21-40(56-25-37(33)45(53)44(35)51)59-43(65)18-19-55-41(63)12-10-8-6-7-9-11-13-42(64)60-47(50(3,4)5)49(67)61-27-34(62)22-39(61)48(66)57-23-31-14-16-32(17-15-31)46-30(2)58-28-68-46/h14-17,20-21,24-26,28,34,39,47,62H,6-13,18-19,22-23,27,52-53H2,1-5H3,(H,55,63)(H,57,66)(H,60,64)(H,56,59,65)/t34-,39+,47-/m1/s1. The fourth-order valence-corrected chi connectivity index (χ4v) is 9.09. The van der Waals surface area contributed by atoms with Gasteiger partial charge in [-0.3, -0.25) is 29.0 Å². The summed E-state index contributed by atoms with van der Waals surface area (Å²) in [5.74, 6) is -1.88. The molecule has 3 aromatic heterocycles. The first-order valence-corrected chi connectivity index (χ1v) is 24.0. The maximum atomic E-state index is 15.3. The van der Waals surface area contributed by atoms with E-state index in [4.69, 9.17) is 11.5 Å². The van der Waals surface area contributed by atoms with E-state index < -0.39 is 35.3 Å². The number of aryl methyl sites for hydroxylation is 1. The number of unbranched alkanes of at least 4 members (excludes halogenated alkanes) is 5. The molecule has 6 rings (SSSR count). The Hall–Kier alpha value is -6.53. The van der Waals surface area contributed by atoms with Crippen molar-refractivity contribution in [1.82, 2.24) is 35.8 Å². The van der Waals surface area contributed by atoms with Crippen LogP contribution in [0.3, 0.4) is 0 Å². The second-order valence-corrected chi connectivity index (χ2v) is 19.4. The number of carbonyl (C=O) groups is 5. The number of rotatable bonds is 20. The smallest absolute Gasteiger partial charge is 0.246 e. The van der Waals surface area contributed by atoms with E-state index in [0.29, 0.717) is 46.8 Å². The summed E-state index contributed by atoms with van der Waals surface area (Å²) in [6.45, 7) is 9.72. The number of benzene rings is 2. The van der Waals surface area contributed by atoms with Gasteiger partial charge in [-0.15, -0.1) is 11.3 Å². The van der Waals surface area contributed by atoms with Crippen LogP contribution in [0, 0.1) is 25.1 Å². The lowest BCUT2D eigenvalue weighted by Gasteiger charge is -2.35. The molecule has 5 aromatic rings. The second-order valence-electron chi connectivity index (χ2n) is 18.6. The van der Waals surface area contributed by atoms with Crippen molar-refractivity contribution in [3.05, 3.63) is 83.1 Å². The maximum Gasteiger partial charge on any atom is 0.246 e. The molecule has 1 fully saturated rings. The van der Waals surface area contributed by atoms with Crippen LogP contribution in [-0.2, 0) is 30.5 Å². The number of hydrogen-bond donors (Lipinski definition) is 7. The zero-order valence-corrected chi connectivity index (χ0v) is 40.2. The predicted molar refractivity (Wildman–Crippen MR) is 263 cm³/mol. The Morgan fingerprint density at radius 1 is 0.868 bits per heavy atom. The lowest BCUT2D eigenvalue weighted by atomic mass is 9.85. The van der Waals surface area contributed by atoms with E-state index in [1.54, 1.807) is 30.4 Å². The number of aliphatic hydroxyl groups is 1. The summed E-state index contributed by atoms with van der Waals surface area (Å²) in [4.78, 5) is 80.8. The van der Waals surface area contributed by atoms with E-state index in [0.717, 1.165) is 47.4 Å². The first-order valence-electron chi connectivity index (χ1n) is 23.1. The SMILES string of the molecule is Cc1ncsc1-c1ccc(CNC(=O)[C@@H]2C[C@@H](O)CN2C(=O)[C@@H](NC(=O)CCCCCCCCC(=O)NCCC(=O)Nc2cc3cc(-c4cncc(N)c4C)c(F)c(N)c3cn2)C(C)(C)C)cc1. The van der Waals surface area contributed by atoms with Crippen molar-refractivity contribution in [2.75, 3.05) is 29.9 Å². The average Bonchev–Trinajstić information content (AvgIpc) is 3.92. The lowest BCUT2D eigenvalue weighted by molar-refractivity contribution is -0.144. The van der Waals surface area contributed by atoms with Crippen LogP contribution in [0.1, 0.15) is 102 Å². The van der Waals surface area contributed by atoms with Gasteiger partial charge in [0.2, 0.25) is 29.5 Å². The number of nitrogen functional groups attached to an aromatic ring is 2. The van der Waals surface area contributed by atoms with Gasteiger partial charge in [-0.2, -0.15) is 0 Å². The molecule has 0 bridgehead atoms. The third kappa shape index (κ3) is 13.1. The minimum Gasteiger partial charge on any atom is -0.397 e. The van der Waals surface area contributed by atoms with Crippen LogP contribution in [0.4, 0.5) is 21.6 Å². The third-order valence-electron chi connectivity index (χ3n) is 12.3. The van der Waals surface area contributed by atoms with Crippen LogP contribution in [0.15, 0.2) is 60.5 Å². The second kappa shape index (κ2) is 23.0. The number of pyridine rings is 2. The molecule has 0 saturated carbocycles. The van der Waals surface area contributed by atoms with E-state index >= 15 is 4.39 Å². The largest absolute Gasteiger partial charge is 0.397 e. The number of nitrogens with zero attached hydrogens (tertiary/aromatic N) is 4. The van der Waals surface area contributed by atoms with Crippen molar-refractivity contribution in [3.8, 4) is 21.6 Å². The molecule has 0 spiro atoms. The maximum absolute atomic E-state index is 15.3. The summed E-state index contributed by atoms with van der Waals surface area (Å²) < 4.78 is 15.3. The predicted octanol–water partition coefficient (Wildman–Crippen LogP) is 6.72. The summed E-state index contributed by atoms with van der Waals surface area (Å²) in [5, 5.41) is 22.9. The first kappa shape index (κ1) is 50.9. The van der Waals surface area contributed by atoms with Crippen molar-refractivity contribution < 1.29 is 33.5 Å². The number of anilines is 3. The summed E-state index contributed by atoms with van der Waals surface area (Å²) in [7, 11) is 0. The first-order chi connectivity index (χ1) is 32.4. The zero-order valence-electron chi connectivity index (χ0n) is 39.4. The molecule has 3 atom stereocenters. The number of amides is 5. The van der Waals surface area contributed by atoms with E-state index in [1.807, 2.05) is 57.5 Å². The Bertz CT molecular complexity index is 2620. The van der Waals surface area contributed by atoms with Gasteiger partial charge in [0.1, 0.15) is 17.9 Å². The highest BCUT2D eigenvalue weighted by molar-refractivity contribution is 7.13. The Kier molecular flexibility index (Phi) is 17.2. The van der Waals surface area contributed by atoms with Crippen molar-refractivity contribution in [1.29, 1.82) is 0 Å². The molecule has 2 aromatic carbocycles. The molecule has 16 nitrogen and oxygen atoms in total. The van der Waals surface area contributed by atoms with Crippen LogP contribution < -0.4 is 32.7 Å². The minimum atomic E-state index is -0.896. The number of nitrogens with one attached hydrogen (secondary N) is 4. The highest BCUT2D eigenvalue weighted by Crippen LogP contribution is 2.36. The number of thiazole rings is 1. The number of likely N-dealkylation sites (tertiary alicyclic amines) is 1. The van der Waals surface area contributed by atoms with Gasteiger partial charge in [-0.05, 0) is 66.3 Å². The van der Waals surface area contributed by atoms with Crippen LogP contribution in [0.25, 0.3) is 32.3 Å². The highest BCUT2D eigenvalue weighted by atomic mass is 32.1. The number of nitrogens with two attached hydrogens (primary N) is 2. The quantitative estimate of drug-likeness (QED) is 0.0319. The van der Waals surface area contributed by atoms with Crippen LogP contribution >= 0.6 is 11.3 Å². The average molecular weight is 951 g/mol. The molecule has 1 aliphatic heterocycles. The Morgan fingerprint density at radius 2 is 1.56 bits per heavy atom.